The number of halogens is 1. The van der Waals surface area contributed by atoms with Gasteiger partial charge in [0.15, 0.2) is 5.65 Å². The number of phenols is 1. The second kappa shape index (κ2) is 7.15. The normalized spacial score (nSPS) is 17.2. The number of likely N-dealkylation sites (tertiary alicyclic amines) is 1. The van der Waals surface area contributed by atoms with Gasteiger partial charge in [0, 0.05) is 17.5 Å². The molecule has 3 aromatic rings. The van der Waals surface area contributed by atoms with E-state index >= 15 is 0 Å². The number of carbonyl (C=O) groups excluding carboxylic acids is 1. The summed E-state index contributed by atoms with van der Waals surface area (Å²) in [4.78, 5) is 17.5. The van der Waals surface area contributed by atoms with E-state index in [0.717, 1.165) is 34.8 Å². The van der Waals surface area contributed by atoms with E-state index in [1.54, 1.807) is 18.2 Å². The number of H-pyrrole nitrogens is 1. The Morgan fingerprint density at radius 1 is 1.33 bits per heavy atom. The molecule has 1 amide bonds. The zero-order chi connectivity index (χ0) is 19.0. The van der Waals surface area contributed by atoms with Gasteiger partial charge in [-0.1, -0.05) is 18.7 Å². The van der Waals surface area contributed by atoms with Crippen LogP contribution in [0.15, 0.2) is 47.5 Å². The summed E-state index contributed by atoms with van der Waals surface area (Å²) in [7, 11) is 0. The van der Waals surface area contributed by atoms with Crippen molar-refractivity contribution in [3.63, 3.8) is 0 Å². The van der Waals surface area contributed by atoms with Crippen molar-refractivity contribution >= 4 is 32.9 Å². The maximum Gasteiger partial charge on any atom is 0.246 e. The number of nitrogens with one attached hydrogen (secondary N) is 1. The first kappa shape index (κ1) is 17.7. The van der Waals surface area contributed by atoms with E-state index in [1.807, 2.05) is 17.0 Å². The topological polar surface area (TPSA) is 82.1 Å². The molecule has 1 aromatic carbocycles. The lowest BCUT2D eigenvalue weighted by molar-refractivity contribution is -0.129. The lowest BCUT2D eigenvalue weighted by atomic mass is 9.99. The molecule has 1 atom stereocenters. The molecule has 1 unspecified atom stereocenters. The van der Waals surface area contributed by atoms with E-state index in [2.05, 4.69) is 37.7 Å². The number of hydrogen-bond donors (Lipinski definition) is 2. The number of amides is 1. The molecule has 0 spiro atoms. The van der Waals surface area contributed by atoms with Gasteiger partial charge in [-0.15, -0.1) is 10.2 Å². The number of para-hydroxylation sites is 1. The molecule has 0 radical (unpaired) electrons. The predicted octanol–water partition coefficient (Wildman–Crippen LogP) is 4.33. The van der Waals surface area contributed by atoms with E-state index in [4.69, 9.17) is 0 Å². The maximum atomic E-state index is 12.3. The first-order chi connectivity index (χ1) is 13.1. The van der Waals surface area contributed by atoms with Crippen molar-refractivity contribution in [2.45, 2.75) is 25.3 Å². The summed E-state index contributed by atoms with van der Waals surface area (Å²) in [5, 5.41) is 19.5. The number of rotatable bonds is 3. The van der Waals surface area contributed by atoms with Gasteiger partial charge < -0.3 is 15.0 Å². The van der Waals surface area contributed by atoms with Crippen molar-refractivity contribution in [2.24, 2.45) is 0 Å². The van der Waals surface area contributed by atoms with E-state index < -0.39 is 0 Å². The van der Waals surface area contributed by atoms with Gasteiger partial charge in [0.25, 0.3) is 0 Å². The number of phenolic OH excluding ortho intramolecular Hbond substituents is 1. The molecule has 0 bridgehead atoms. The molecule has 1 aliphatic rings. The minimum Gasteiger partial charge on any atom is -0.507 e. The third kappa shape index (κ3) is 3.12. The number of aromatic amines is 1. The highest BCUT2D eigenvalue weighted by molar-refractivity contribution is 9.10. The number of benzene rings is 1. The van der Waals surface area contributed by atoms with Gasteiger partial charge >= 0.3 is 0 Å². The Morgan fingerprint density at radius 3 is 2.93 bits per heavy atom. The fraction of sp³-hybridized carbons (Fsp3) is 0.250. The highest BCUT2D eigenvalue weighted by Crippen LogP contribution is 2.39. The Balaban J connectivity index is 1.79. The first-order valence-electron chi connectivity index (χ1n) is 8.86. The van der Waals surface area contributed by atoms with Crippen LogP contribution < -0.4 is 0 Å². The van der Waals surface area contributed by atoms with Gasteiger partial charge in [0.05, 0.1) is 21.9 Å². The summed E-state index contributed by atoms with van der Waals surface area (Å²) in [6, 6.07) is 8.88. The number of aromatic nitrogens is 3. The Hall–Kier alpha value is -2.67. The number of carbonyl (C=O) groups is 1. The average Bonchev–Trinajstić information content (AvgIpc) is 3.03. The molecule has 1 aliphatic heterocycles. The van der Waals surface area contributed by atoms with Crippen molar-refractivity contribution < 1.29 is 9.90 Å². The molecule has 2 aromatic heterocycles. The van der Waals surface area contributed by atoms with E-state index in [0.29, 0.717) is 23.4 Å². The fourth-order valence-electron chi connectivity index (χ4n) is 3.64. The van der Waals surface area contributed by atoms with E-state index in [1.165, 1.54) is 6.08 Å². The summed E-state index contributed by atoms with van der Waals surface area (Å²) in [6.45, 7) is 4.34. The molecule has 3 heterocycles. The fourth-order valence-corrected chi connectivity index (χ4v) is 4.31. The van der Waals surface area contributed by atoms with Gasteiger partial charge in [-0.05, 0) is 59.5 Å². The van der Waals surface area contributed by atoms with Crippen molar-refractivity contribution in [1.82, 2.24) is 20.1 Å². The average molecular weight is 427 g/mol. The van der Waals surface area contributed by atoms with E-state index in [9.17, 15) is 9.90 Å². The molecule has 7 heteroatoms. The lowest BCUT2D eigenvalue weighted by Gasteiger charge is -2.34. The zero-order valence-electron chi connectivity index (χ0n) is 14.7. The maximum absolute atomic E-state index is 12.3. The van der Waals surface area contributed by atoms with Crippen LogP contribution in [0.25, 0.3) is 22.3 Å². The molecule has 27 heavy (non-hydrogen) atoms. The SMILES string of the molecule is C=CC(=O)N1CCCCC1c1[nH]c2nnc(-c3ccccc3O)cc2c1Br. The van der Waals surface area contributed by atoms with Gasteiger partial charge in [0.1, 0.15) is 5.75 Å². The molecule has 2 N–H and O–H groups in total. The third-order valence-electron chi connectivity index (χ3n) is 4.99. The van der Waals surface area contributed by atoms with Crippen molar-refractivity contribution in [1.29, 1.82) is 0 Å². The standard InChI is InChI=1S/C20H19BrN4O2/c1-2-17(27)25-10-6-5-8-15(25)19-18(21)13-11-14(23-24-20(13)22-19)12-7-3-4-9-16(12)26/h2-4,7,9,11,15,26H,1,5-6,8,10H2,(H,22,24). The van der Waals surface area contributed by atoms with Crippen LogP contribution in [0.3, 0.4) is 0 Å². The summed E-state index contributed by atoms with van der Waals surface area (Å²) >= 11 is 3.69. The van der Waals surface area contributed by atoms with Crippen LogP contribution in [0.5, 0.6) is 5.75 Å². The summed E-state index contributed by atoms with van der Waals surface area (Å²) in [5.41, 5.74) is 2.79. The number of piperidine rings is 1. The van der Waals surface area contributed by atoms with Crippen LogP contribution in [-0.2, 0) is 4.79 Å². The Labute approximate surface area is 165 Å². The number of aromatic hydroxyl groups is 1. The highest BCUT2D eigenvalue weighted by Gasteiger charge is 2.30. The van der Waals surface area contributed by atoms with Crippen LogP contribution in [0.1, 0.15) is 31.0 Å². The van der Waals surface area contributed by atoms with Gasteiger partial charge in [-0.25, -0.2) is 0 Å². The number of fused-ring (bicyclic) bond motifs is 1. The Morgan fingerprint density at radius 2 is 2.15 bits per heavy atom. The highest BCUT2D eigenvalue weighted by atomic mass is 79.9. The van der Waals surface area contributed by atoms with Crippen molar-refractivity contribution in [3.8, 4) is 17.0 Å². The Bertz CT molecular complexity index is 1030. The van der Waals surface area contributed by atoms with Crippen LogP contribution in [0.4, 0.5) is 0 Å². The Kier molecular flexibility index (Phi) is 4.70. The van der Waals surface area contributed by atoms with Crippen molar-refractivity contribution in [3.05, 3.63) is 53.2 Å². The summed E-state index contributed by atoms with van der Waals surface area (Å²) in [5.74, 6) is 0.0966. The molecule has 0 aliphatic carbocycles. The van der Waals surface area contributed by atoms with Crippen LogP contribution >= 0.6 is 15.9 Å². The third-order valence-corrected chi connectivity index (χ3v) is 5.85. The molecular weight excluding hydrogens is 408 g/mol. The molecule has 4 rings (SSSR count). The zero-order valence-corrected chi connectivity index (χ0v) is 16.2. The quantitative estimate of drug-likeness (QED) is 0.610. The minimum absolute atomic E-state index is 0.0543. The van der Waals surface area contributed by atoms with Gasteiger partial charge in [-0.3, -0.25) is 4.79 Å². The molecule has 6 nitrogen and oxygen atoms in total. The summed E-state index contributed by atoms with van der Waals surface area (Å²) in [6.07, 6.45) is 4.29. The van der Waals surface area contributed by atoms with Crippen LogP contribution in [0.2, 0.25) is 0 Å². The predicted molar refractivity (Wildman–Crippen MR) is 107 cm³/mol. The second-order valence-electron chi connectivity index (χ2n) is 6.61. The molecule has 1 fully saturated rings. The monoisotopic (exact) mass is 426 g/mol. The van der Waals surface area contributed by atoms with Crippen LogP contribution in [-0.4, -0.2) is 37.6 Å². The second-order valence-corrected chi connectivity index (χ2v) is 7.40. The first-order valence-corrected chi connectivity index (χ1v) is 9.65. The molecular formula is C20H19BrN4O2. The molecule has 0 saturated carbocycles. The minimum atomic E-state index is -0.0637. The smallest absolute Gasteiger partial charge is 0.246 e. The lowest BCUT2D eigenvalue weighted by Crippen LogP contribution is -2.37. The number of hydrogen-bond acceptors (Lipinski definition) is 4. The van der Waals surface area contributed by atoms with E-state index in [-0.39, 0.29) is 17.7 Å². The number of nitrogens with zero attached hydrogens (tertiary/aromatic N) is 3. The summed E-state index contributed by atoms with van der Waals surface area (Å²) < 4.78 is 0.873. The largest absolute Gasteiger partial charge is 0.507 e. The van der Waals surface area contributed by atoms with Gasteiger partial charge in [0.2, 0.25) is 5.91 Å². The van der Waals surface area contributed by atoms with Crippen molar-refractivity contribution in [2.75, 3.05) is 6.54 Å². The van der Waals surface area contributed by atoms with Gasteiger partial charge in [-0.2, -0.15) is 0 Å². The molecule has 1 saturated heterocycles. The van der Waals surface area contributed by atoms with Crippen LogP contribution in [0, 0.1) is 0 Å². The molecule has 138 valence electrons.